The molecule has 2 N–H and O–H groups in total. The van der Waals surface area contributed by atoms with Gasteiger partial charge in [-0.15, -0.1) is 0 Å². The molecule has 0 aromatic heterocycles. The molecule has 2 amide bonds. The van der Waals surface area contributed by atoms with Crippen molar-refractivity contribution in [2.45, 2.75) is 12.6 Å². The van der Waals surface area contributed by atoms with Gasteiger partial charge < -0.3 is 15.4 Å². The normalized spacial score (nSPS) is 19.5. The van der Waals surface area contributed by atoms with E-state index in [1.807, 2.05) is 30.3 Å². The lowest BCUT2D eigenvalue weighted by atomic mass is 10.2. The van der Waals surface area contributed by atoms with Gasteiger partial charge in [-0.1, -0.05) is 30.3 Å². The van der Waals surface area contributed by atoms with Crippen LogP contribution in [0.2, 0.25) is 0 Å². The molecule has 1 fully saturated rings. The van der Waals surface area contributed by atoms with Crippen LogP contribution < -0.4 is 10.6 Å². The van der Waals surface area contributed by atoms with Crippen molar-refractivity contribution in [1.82, 2.24) is 10.6 Å². The van der Waals surface area contributed by atoms with Gasteiger partial charge in [-0.25, -0.2) is 0 Å². The Balaban J connectivity index is 1.83. The summed E-state index contributed by atoms with van der Waals surface area (Å²) >= 11 is 0. The SMILES string of the molecule is O=C1COCC(C(=O)NCc2ccccc2)N1. The van der Waals surface area contributed by atoms with Crippen molar-refractivity contribution in [3.8, 4) is 0 Å². The molecule has 0 radical (unpaired) electrons. The molecule has 5 heteroatoms. The van der Waals surface area contributed by atoms with Crippen LogP contribution in [0.5, 0.6) is 0 Å². The number of nitrogens with one attached hydrogen (secondary N) is 2. The summed E-state index contributed by atoms with van der Waals surface area (Å²) in [5.41, 5.74) is 1.02. The molecule has 1 unspecified atom stereocenters. The van der Waals surface area contributed by atoms with E-state index in [9.17, 15) is 9.59 Å². The Kier molecular flexibility index (Phi) is 3.72. The number of morpholine rings is 1. The molecule has 17 heavy (non-hydrogen) atoms. The molecule has 0 bridgehead atoms. The maximum Gasteiger partial charge on any atom is 0.246 e. The van der Waals surface area contributed by atoms with Gasteiger partial charge >= 0.3 is 0 Å². The van der Waals surface area contributed by atoms with Crippen molar-refractivity contribution in [2.75, 3.05) is 13.2 Å². The fourth-order valence-corrected chi connectivity index (χ4v) is 1.60. The summed E-state index contributed by atoms with van der Waals surface area (Å²) in [5, 5.41) is 5.33. The number of rotatable bonds is 3. The molecule has 2 rings (SSSR count). The first kappa shape index (κ1) is 11.6. The van der Waals surface area contributed by atoms with Crippen molar-refractivity contribution < 1.29 is 14.3 Å². The summed E-state index contributed by atoms with van der Waals surface area (Å²) in [5.74, 6) is -0.474. The third kappa shape index (κ3) is 3.29. The number of ether oxygens (including phenoxy) is 1. The summed E-state index contributed by atoms with van der Waals surface area (Å²) in [7, 11) is 0. The van der Waals surface area contributed by atoms with Crippen LogP contribution in [0.25, 0.3) is 0 Å². The van der Waals surface area contributed by atoms with Crippen LogP contribution in [-0.4, -0.2) is 31.1 Å². The average Bonchev–Trinajstić information content (AvgIpc) is 2.37. The molecule has 1 aromatic carbocycles. The average molecular weight is 234 g/mol. The van der Waals surface area contributed by atoms with Crippen molar-refractivity contribution in [1.29, 1.82) is 0 Å². The minimum Gasteiger partial charge on any atom is -0.369 e. The van der Waals surface area contributed by atoms with Crippen LogP contribution in [0.4, 0.5) is 0 Å². The molecular weight excluding hydrogens is 220 g/mol. The highest BCUT2D eigenvalue weighted by molar-refractivity contribution is 5.88. The summed E-state index contributed by atoms with van der Waals surface area (Å²) < 4.78 is 4.99. The zero-order chi connectivity index (χ0) is 12.1. The predicted molar refractivity (Wildman–Crippen MR) is 61.0 cm³/mol. The van der Waals surface area contributed by atoms with E-state index in [2.05, 4.69) is 10.6 Å². The van der Waals surface area contributed by atoms with Gasteiger partial charge in [-0.2, -0.15) is 0 Å². The van der Waals surface area contributed by atoms with Crippen LogP contribution in [0.1, 0.15) is 5.56 Å². The predicted octanol–water partition coefficient (Wildman–Crippen LogP) is -0.182. The molecule has 1 atom stereocenters. The number of carbonyl (C=O) groups is 2. The van der Waals surface area contributed by atoms with Crippen LogP contribution >= 0.6 is 0 Å². The molecule has 1 aliphatic rings. The van der Waals surface area contributed by atoms with Gasteiger partial charge in [-0.3, -0.25) is 9.59 Å². The number of hydrogen-bond donors (Lipinski definition) is 2. The van der Waals surface area contributed by atoms with Crippen molar-refractivity contribution in [3.05, 3.63) is 35.9 Å². The van der Waals surface area contributed by atoms with E-state index in [0.29, 0.717) is 6.54 Å². The zero-order valence-corrected chi connectivity index (χ0v) is 9.31. The number of amides is 2. The Bertz CT molecular complexity index is 405. The Morgan fingerprint density at radius 2 is 2.18 bits per heavy atom. The Labute approximate surface area is 99.2 Å². The van der Waals surface area contributed by atoms with Crippen LogP contribution in [0.15, 0.2) is 30.3 Å². The lowest BCUT2D eigenvalue weighted by Gasteiger charge is -2.22. The monoisotopic (exact) mass is 234 g/mol. The van der Waals surface area contributed by atoms with E-state index in [1.54, 1.807) is 0 Å². The summed E-state index contributed by atoms with van der Waals surface area (Å²) in [6, 6.07) is 9.01. The van der Waals surface area contributed by atoms with E-state index in [1.165, 1.54) is 0 Å². The number of hydrogen-bond acceptors (Lipinski definition) is 3. The topological polar surface area (TPSA) is 67.4 Å². The van der Waals surface area contributed by atoms with Gasteiger partial charge in [0.2, 0.25) is 11.8 Å². The molecular formula is C12H14N2O3. The Morgan fingerprint density at radius 1 is 1.41 bits per heavy atom. The molecule has 1 heterocycles. The smallest absolute Gasteiger partial charge is 0.246 e. The molecule has 5 nitrogen and oxygen atoms in total. The first-order chi connectivity index (χ1) is 8.25. The molecule has 0 aliphatic carbocycles. The lowest BCUT2D eigenvalue weighted by molar-refractivity contribution is -0.138. The van der Waals surface area contributed by atoms with Crippen LogP contribution in [-0.2, 0) is 20.9 Å². The van der Waals surface area contributed by atoms with Crippen molar-refractivity contribution in [3.63, 3.8) is 0 Å². The molecule has 0 saturated carbocycles. The third-order valence-corrected chi connectivity index (χ3v) is 2.48. The van der Waals surface area contributed by atoms with Gasteiger partial charge in [0.05, 0.1) is 6.61 Å². The second-order valence-electron chi connectivity index (χ2n) is 3.84. The van der Waals surface area contributed by atoms with E-state index in [4.69, 9.17) is 4.74 Å². The highest BCUT2D eigenvalue weighted by atomic mass is 16.5. The van der Waals surface area contributed by atoms with E-state index < -0.39 is 6.04 Å². The third-order valence-electron chi connectivity index (χ3n) is 2.48. The molecule has 0 spiro atoms. The van der Waals surface area contributed by atoms with Gasteiger partial charge in [0.1, 0.15) is 12.6 Å². The largest absolute Gasteiger partial charge is 0.369 e. The highest BCUT2D eigenvalue weighted by Crippen LogP contribution is 1.99. The minimum atomic E-state index is -0.583. The molecule has 1 aliphatic heterocycles. The Hall–Kier alpha value is -1.88. The van der Waals surface area contributed by atoms with E-state index >= 15 is 0 Å². The van der Waals surface area contributed by atoms with E-state index in [-0.39, 0.29) is 25.0 Å². The Morgan fingerprint density at radius 3 is 2.88 bits per heavy atom. The first-order valence-electron chi connectivity index (χ1n) is 5.44. The second kappa shape index (κ2) is 5.45. The molecule has 1 aromatic rings. The zero-order valence-electron chi connectivity index (χ0n) is 9.31. The standard InChI is InChI=1S/C12H14N2O3/c15-11-8-17-7-10(14-11)12(16)13-6-9-4-2-1-3-5-9/h1-5,10H,6-8H2,(H,13,16)(H,14,15). The van der Waals surface area contributed by atoms with Gasteiger partial charge in [-0.05, 0) is 5.56 Å². The summed E-state index contributed by atoms with van der Waals surface area (Å²) in [6.07, 6.45) is 0. The number of carbonyl (C=O) groups excluding carboxylic acids is 2. The number of benzene rings is 1. The maximum absolute atomic E-state index is 11.7. The molecule has 1 saturated heterocycles. The second-order valence-corrected chi connectivity index (χ2v) is 3.84. The molecule has 90 valence electrons. The summed E-state index contributed by atoms with van der Waals surface area (Å²) in [6.45, 7) is 0.709. The highest BCUT2D eigenvalue weighted by Gasteiger charge is 2.24. The fraction of sp³-hybridized carbons (Fsp3) is 0.333. The van der Waals surface area contributed by atoms with Crippen LogP contribution in [0.3, 0.4) is 0 Å². The van der Waals surface area contributed by atoms with Crippen molar-refractivity contribution >= 4 is 11.8 Å². The first-order valence-corrected chi connectivity index (χ1v) is 5.44. The van der Waals surface area contributed by atoms with Crippen molar-refractivity contribution in [2.24, 2.45) is 0 Å². The minimum absolute atomic E-state index is 0.0302. The maximum atomic E-state index is 11.7. The van der Waals surface area contributed by atoms with E-state index in [0.717, 1.165) is 5.56 Å². The van der Waals surface area contributed by atoms with Crippen LogP contribution in [0, 0.1) is 0 Å². The van der Waals surface area contributed by atoms with Gasteiger partial charge in [0, 0.05) is 6.54 Å². The fourth-order valence-electron chi connectivity index (χ4n) is 1.60. The van der Waals surface area contributed by atoms with Gasteiger partial charge in [0.15, 0.2) is 0 Å². The quantitative estimate of drug-likeness (QED) is 0.762. The lowest BCUT2D eigenvalue weighted by Crippen LogP contribution is -2.53. The van der Waals surface area contributed by atoms with Gasteiger partial charge in [0.25, 0.3) is 0 Å². The summed E-state index contributed by atoms with van der Waals surface area (Å²) in [4.78, 5) is 22.7.